The van der Waals surface area contributed by atoms with Gasteiger partial charge in [0.25, 0.3) is 0 Å². The van der Waals surface area contributed by atoms with Crippen LogP contribution in [0.3, 0.4) is 0 Å². The first-order valence-electron chi connectivity index (χ1n) is 5.92. The SMILES string of the molecule is Fc1ccc2nc(Nc3ccc(C(F)(F)F)cc3)sc2c1. The molecule has 2 aromatic carbocycles. The van der Waals surface area contributed by atoms with E-state index in [0.29, 0.717) is 21.0 Å². The molecule has 1 heterocycles. The molecular weight excluding hydrogens is 304 g/mol. The minimum atomic E-state index is -4.36. The molecule has 0 saturated heterocycles. The summed E-state index contributed by atoms with van der Waals surface area (Å²) in [5.74, 6) is -0.354. The first kappa shape index (κ1) is 13.8. The van der Waals surface area contributed by atoms with Crippen LogP contribution < -0.4 is 5.32 Å². The molecule has 0 spiro atoms. The van der Waals surface area contributed by atoms with Gasteiger partial charge in [-0.2, -0.15) is 13.2 Å². The maximum atomic E-state index is 13.1. The minimum absolute atomic E-state index is 0.354. The van der Waals surface area contributed by atoms with Gasteiger partial charge in [0.15, 0.2) is 5.13 Å². The number of rotatable bonds is 2. The lowest BCUT2D eigenvalue weighted by atomic mass is 10.2. The molecule has 0 aliphatic rings. The third-order valence-corrected chi connectivity index (χ3v) is 3.75. The largest absolute Gasteiger partial charge is 0.416 e. The second-order valence-electron chi connectivity index (χ2n) is 4.33. The molecule has 2 nitrogen and oxygen atoms in total. The van der Waals surface area contributed by atoms with Crippen molar-refractivity contribution in [3.05, 3.63) is 53.8 Å². The Morgan fingerprint density at radius 1 is 1.00 bits per heavy atom. The number of fused-ring (bicyclic) bond motifs is 1. The molecule has 3 rings (SSSR count). The number of hydrogen-bond donors (Lipinski definition) is 1. The molecule has 1 N–H and O–H groups in total. The van der Waals surface area contributed by atoms with Gasteiger partial charge in [-0.25, -0.2) is 9.37 Å². The van der Waals surface area contributed by atoms with Crippen molar-refractivity contribution < 1.29 is 17.6 Å². The number of benzene rings is 2. The Labute approximate surface area is 121 Å². The number of nitrogens with one attached hydrogen (secondary N) is 1. The Bertz CT molecular complexity index is 778. The number of alkyl halides is 3. The van der Waals surface area contributed by atoms with Crippen molar-refractivity contribution in [2.75, 3.05) is 5.32 Å². The summed E-state index contributed by atoms with van der Waals surface area (Å²) in [6.07, 6.45) is -4.36. The van der Waals surface area contributed by atoms with Crippen LogP contribution >= 0.6 is 11.3 Å². The standard InChI is InChI=1S/C14H8F4N2S/c15-9-3-6-11-12(7-9)21-13(20-11)19-10-4-1-8(2-5-10)14(16,17)18/h1-7H,(H,19,20). The zero-order valence-corrected chi connectivity index (χ0v) is 11.2. The van der Waals surface area contributed by atoms with Gasteiger partial charge in [0, 0.05) is 5.69 Å². The summed E-state index contributed by atoms with van der Waals surface area (Å²) < 4.78 is 51.1. The molecule has 108 valence electrons. The summed E-state index contributed by atoms with van der Waals surface area (Å²) in [6.45, 7) is 0. The quantitative estimate of drug-likeness (QED) is 0.658. The van der Waals surface area contributed by atoms with Gasteiger partial charge in [0.1, 0.15) is 5.82 Å². The summed E-state index contributed by atoms with van der Waals surface area (Å²) in [6, 6.07) is 8.88. The second kappa shape index (κ2) is 5.00. The number of hydrogen-bond acceptors (Lipinski definition) is 3. The Morgan fingerprint density at radius 3 is 2.38 bits per heavy atom. The molecule has 7 heteroatoms. The van der Waals surface area contributed by atoms with E-state index in [1.165, 1.54) is 35.6 Å². The molecule has 0 unspecified atom stereocenters. The van der Waals surface area contributed by atoms with E-state index in [1.807, 2.05) is 0 Å². The zero-order chi connectivity index (χ0) is 15.0. The maximum absolute atomic E-state index is 13.1. The minimum Gasteiger partial charge on any atom is -0.332 e. The van der Waals surface area contributed by atoms with Gasteiger partial charge in [-0.05, 0) is 42.5 Å². The van der Waals surface area contributed by atoms with Crippen LogP contribution in [0.25, 0.3) is 10.2 Å². The predicted molar refractivity (Wildman–Crippen MR) is 74.3 cm³/mol. The van der Waals surface area contributed by atoms with E-state index in [2.05, 4.69) is 10.3 Å². The van der Waals surface area contributed by atoms with Gasteiger partial charge in [0.2, 0.25) is 0 Å². The molecule has 0 atom stereocenters. The van der Waals surface area contributed by atoms with Crippen LogP contribution in [0.4, 0.5) is 28.4 Å². The van der Waals surface area contributed by atoms with Crippen molar-refractivity contribution in [1.29, 1.82) is 0 Å². The van der Waals surface area contributed by atoms with Crippen molar-refractivity contribution in [1.82, 2.24) is 4.98 Å². The van der Waals surface area contributed by atoms with Crippen LogP contribution in [0.5, 0.6) is 0 Å². The lowest BCUT2D eigenvalue weighted by Gasteiger charge is -2.07. The topological polar surface area (TPSA) is 24.9 Å². The average molecular weight is 312 g/mol. The van der Waals surface area contributed by atoms with Crippen LogP contribution in [0.15, 0.2) is 42.5 Å². The van der Waals surface area contributed by atoms with E-state index in [9.17, 15) is 17.6 Å². The van der Waals surface area contributed by atoms with E-state index in [0.717, 1.165) is 12.1 Å². The Morgan fingerprint density at radius 2 is 1.71 bits per heavy atom. The third-order valence-electron chi connectivity index (χ3n) is 2.81. The van der Waals surface area contributed by atoms with E-state index >= 15 is 0 Å². The molecule has 0 bridgehead atoms. The highest BCUT2D eigenvalue weighted by atomic mass is 32.1. The highest BCUT2D eigenvalue weighted by Gasteiger charge is 2.29. The highest BCUT2D eigenvalue weighted by molar-refractivity contribution is 7.22. The fraction of sp³-hybridized carbons (Fsp3) is 0.0714. The fourth-order valence-electron chi connectivity index (χ4n) is 1.82. The van der Waals surface area contributed by atoms with Crippen molar-refractivity contribution in [3.8, 4) is 0 Å². The molecule has 21 heavy (non-hydrogen) atoms. The number of anilines is 2. The number of nitrogens with zero attached hydrogens (tertiary/aromatic N) is 1. The molecule has 0 saturated carbocycles. The summed E-state index contributed by atoms with van der Waals surface area (Å²) in [5.41, 5.74) is 0.415. The van der Waals surface area contributed by atoms with Crippen LogP contribution in [0.2, 0.25) is 0 Å². The van der Waals surface area contributed by atoms with Crippen molar-refractivity contribution in [2.24, 2.45) is 0 Å². The Kier molecular flexibility index (Phi) is 3.29. The van der Waals surface area contributed by atoms with Crippen LogP contribution in [-0.2, 0) is 6.18 Å². The maximum Gasteiger partial charge on any atom is 0.416 e. The lowest BCUT2D eigenvalue weighted by molar-refractivity contribution is -0.137. The van der Waals surface area contributed by atoms with Gasteiger partial charge < -0.3 is 5.32 Å². The van der Waals surface area contributed by atoms with E-state index in [1.54, 1.807) is 6.07 Å². The molecule has 0 aliphatic heterocycles. The summed E-state index contributed by atoms with van der Waals surface area (Å²) in [5, 5.41) is 3.40. The van der Waals surface area contributed by atoms with Crippen molar-refractivity contribution in [2.45, 2.75) is 6.18 Å². The summed E-state index contributed by atoms with van der Waals surface area (Å²) in [4.78, 5) is 4.24. The second-order valence-corrected chi connectivity index (χ2v) is 5.36. The van der Waals surface area contributed by atoms with Gasteiger partial charge in [-0.1, -0.05) is 11.3 Å². The van der Waals surface area contributed by atoms with Gasteiger partial charge in [-0.3, -0.25) is 0 Å². The number of thiazole rings is 1. The molecule has 3 aromatic rings. The molecule has 0 fully saturated rings. The Balaban J connectivity index is 1.84. The fourth-order valence-corrected chi connectivity index (χ4v) is 2.73. The molecule has 0 amide bonds. The van der Waals surface area contributed by atoms with Gasteiger partial charge >= 0.3 is 6.18 Å². The monoisotopic (exact) mass is 312 g/mol. The van der Waals surface area contributed by atoms with Crippen LogP contribution in [0.1, 0.15) is 5.56 Å². The summed E-state index contributed by atoms with van der Waals surface area (Å²) in [7, 11) is 0. The third kappa shape index (κ3) is 2.97. The molecular formula is C14H8F4N2S. The summed E-state index contributed by atoms with van der Waals surface area (Å²) >= 11 is 1.23. The molecule has 1 aromatic heterocycles. The van der Waals surface area contributed by atoms with Gasteiger partial charge in [0.05, 0.1) is 15.8 Å². The molecule has 0 aliphatic carbocycles. The number of halogens is 4. The van der Waals surface area contributed by atoms with Gasteiger partial charge in [-0.15, -0.1) is 0 Å². The van der Waals surface area contributed by atoms with Crippen LogP contribution in [-0.4, -0.2) is 4.98 Å². The van der Waals surface area contributed by atoms with Crippen LogP contribution in [0, 0.1) is 5.82 Å². The Hall–Kier alpha value is -2.15. The van der Waals surface area contributed by atoms with E-state index < -0.39 is 11.7 Å². The normalized spacial score (nSPS) is 11.8. The lowest BCUT2D eigenvalue weighted by Crippen LogP contribution is -2.04. The average Bonchev–Trinajstić information content (AvgIpc) is 2.79. The highest BCUT2D eigenvalue weighted by Crippen LogP contribution is 2.32. The van der Waals surface area contributed by atoms with E-state index in [4.69, 9.17) is 0 Å². The zero-order valence-electron chi connectivity index (χ0n) is 10.4. The number of aromatic nitrogens is 1. The van der Waals surface area contributed by atoms with E-state index in [-0.39, 0.29) is 5.82 Å². The molecule has 0 radical (unpaired) electrons. The van der Waals surface area contributed by atoms with Crippen molar-refractivity contribution >= 4 is 32.4 Å². The predicted octanol–water partition coefficient (Wildman–Crippen LogP) is 5.20. The van der Waals surface area contributed by atoms with Crippen molar-refractivity contribution in [3.63, 3.8) is 0 Å². The first-order chi connectivity index (χ1) is 9.91. The first-order valence-corrected chi connectivity index (χ1v) is 6.74. The smallest absolute Gasteiger partial charge is 0.332 e.